The molecule has 0 bridgehead atoms. The normalized spacial score (nSPS) is 16.3. The maximum atomic E-state index is 12.7. The van der Waals surface area contributed by atoms with Crippen molar-refractivity contribution in [3.63, 3.8) is 0 Å². The molecule has 1 fully saturated rings. The van der Waals surface area contributed by atoms with Crippen LogP contribution in [0.4, 0.5) is 0 Å². The first-order chi connectivity index (χ1) is 13.5. The van der Waals surface area contributed by atoms with Gasteiger partial charge in [-0.05, 0) is 36.6 Å². The Morgan fingerprint density at radius 2 is 1.82 bits per heavy atom. The highest BCUT2D eigenvalue weighted by molar-refractivity contribution is 7.89. The average molecular weight is 398 g/mol. The predicted molar refractivity (Wildman–Crippen MR) is 105 cm³/mol. The molecule has 0 aliphatic heterocycles. The van der Waals surface area contributed by atoms with Gasteiger partial charge in [0.2, 0.25) is 10.0 Å². The first kappa shape index (κ1) is 18.8. The number of hydrogen-bond donors (Lipinski definition) is 2. The van der Waals surface area contributed by atoms with Crippen LogP contribution in [0.2, 0.25) is 0 Å². The van der Waals surface area contributed by atoms with Crippen LogP contribution in [0.5, 0.6) is 0 Å². The molecule has 1 saturated carbocycles. The summed E-state index contributed by atoms with van der Waals surface area (Å²) in [6, 6.07) is 15.8. The van der Waals surface area contributed by atoms with Crippen molar-refractivity contribution < 1.29 is 12.9 Å². The second kappa shape index (κ2) is 7.46. The van der Waals surface area contributed by atoms with Crippen molar-refractivity contribution in [2.75, 3.05) is 0 Å². The maximum Gasteiger partial charge on any atom is 0.258 e. The topological polar surface area (TPSA) is 111 Å². The molecule has 146 valence electrons. The van der Waals surface area contributed by atoms with Crippen LogP contribution in [-0.4, -0.2) is 18.6 Å². The summed E-state index contributed by atoms with van der Waals surface area (Å²) in [5, 5.41) is 4.04. The van der Waals surface area contributed by atoms with E-state index in [0.29, 0.717) is 11.4 Å². The molecule has 7 nitrogen and oxygen atoms in total. The highest BCUT2D eigenvalue weighted by Gasteiger charge is 2.36. The van der Waals surface area contributed by atoms with Gasteiger partial charge in [0.25, 0.3) is 5.89 Å². The second-order valence-electron chi connectivity index (χ2n) is 7.12. The van der Waals surface area contributed by atoms with Gasteiger partial charge in [-0.25, -0.2) is 13.1 Å². The second-order valence-corrected chi connectivity index (χ2v) is 8.89. The number of hydrogen-bond acceptors (Lipinski definition) is 6. The zero-order valence-corrected chi connectivity index (χ0v) is 16.2. The van der Waals surface area contributed by atoms with Gasteiger partial charge in [-0.15, -0.1) is 0 Å². The van der Waals surface area contributed by atoms with Crippen LogP contribution in [0.15, 0.2) is 64.0 Å². The third-order valence-electron chi connectivity index (χ3n) is 5.07. The largest absolute Gasteiger partial charge is 0.334 e. The van der Waals surface area contributed by atoms with Gasteiger partial charge < -0.3 is 10.3 Å². The van der Waals surface area contributed by atoms with Crippen molar-refractivity contribution in [3.8, 4) is 11.5 Å². The third-order valence-corrected chi connectivity index (χ3v) is 6.47. The molecule has 0 radical (unpaired) electrons. The lowest BCUT2D eigenvalue weighted by Crippen LogP contribution is -2.34. The molecule has 0 atom stereocenters. The number of aromatic nitrogens is 2. The van der Waals surface area contributed by atoms with Gasteiger partial charge in [-0.2, -0.15) is 4.98 Å². The molecule has 3 aromatic rings. The van der Waals surface area contributed by atoms with Crippen molar-refractivity contribution in [2.24, 2.45) is 5.73 Å². The van der Waals surface area contributed by atoms with Gasteiger partial charge >= 0.3 is 0 Å². The highest BCUT2D eigenvalue weighted by atomic mass is 32.2. The molecule has 1 aromatic heterocycles. The number of nitrogens with zero attached hydrogens (tertiary/aromatic N) is 2. The number of sulfonamides is 1. The molecule has 28 heavy (non-hydrogen) atoms. The van der Waals surface area contributed by atoms with Crippen LogP contribution in [0.1, 0.15) is 37.1 Å². The molecule has 0 unspecified atom stereocenters. The van der Waals surface area contributed by atoms with Gasteiger partial charge in [0.05, 0.1) is 10.4 Å². The quantitative estimate of drug-likeness (QED) is 0.660. The van der Waals surface area contributed by atoms with Crippen molar-refractivity contribution in [1.82, 2.24) is 14.9 Å². The van der Waals surface area contributed by atoms with E-state index in [1.807, 2.05) is 30.3 Å². The SMILES string of the molecule is NC1(c2noc(-c3cccc(S(=O)(=O)NCc4ccccc4)c3)n2)CCCC1. The van der Waals surface area contributed by atoms with Crippen LogP contribution in [0.3, 0.4) is 0 Å². The lowest BCUT2D eigenvalue weighted by molar-refractivity contribution is 0.372. The third kappa shape index (κ3) is 3.84. The lowest BCUT2D eigenvalue weighted by atomic mass is 9.99. The maximum absolute atomic E-state index is 12.7. The van der Waals surface area contributed by atoms with Crippen LogP contribution in [-0.2, 0) is 22.1 Å². The molecule has 0 amide bonds. The van der Waals surface area contributed by atoms with Crippen LogP contribution in [0.25, 0.3) is 11.5 Å². The summed E-state index contributed by atoms with van der Waals surface area (Å²) in [6.07, 6.45) is 3.73. The minimum absolute atomic E-state index is 0.143. The number of rotatable bonds is 6. The Morgan fingerprint density at radius 1 is 1.07 bits per heavy atom. The van der Waals surface area contributed by atoms with Crippen molar-refractivity contribution in [1.29, 1.82) is 0 Å². The number of benzene rings is 2. The molecule has 0 saturated heterocycles. The van der Waals surface area contributed by atoms with Crippen LogP contribution in [0, 0.1) is 0 Å². The molecule has 2 aromatic carbocycles. The fourth-order valence-corrected chi connectivity index (χ4v) is 4.49. The predicted octanol–water partition coefficient (Wildman–Crippen LogP) is 2.94. The van der Waals surface area contributed by atoms with Crippen molar-refractivity contribution in [2.45, 2.75) is 42.7 Å². The molecule has 1 heterocycles. The van der Waals surface area contributed by atoms with Crippen molar-refractivity contribution >= 4 is 10.0 Å². The van der Waals surface area contributed by atoms with Crippen molar-refractivity contribution in [3.05, 3.63) is 66.0 Å². The highest BCUT2D eigenvalue weighted by Crippen LogP contribution is 2.35. The summed E-state index contributed by atoms with van der Waals surface area (Å²) >= 11 is 0. The Bertz CT molecular complexity index is 1060. The Labute approximate surface area is 164 Å². The van der Waals surface area contributed by atoms with Crippen LogP contribution >= 0.6 is 0 Å². The van der Waals surface area contributed by atoms with E-state index in [1.54, 1.807) is 12.1 Å². The Hall–Kier alpha value is -2.55. The summed E-state index contributed by atoms with van der Waals surface area (Å²) in [4.78, 5) is 4.58. The van der Waals surface area contributed by atoms with Gasteiger partial charge in [0.1, 0.15) is 0 Å². The molecule has 8 heteroatoms. The van der Waals surface area contributed by atoms with Gasteiger partial charge in [0.15, 0.2) is 5.82 Å². The summed E-state index contributed by atoms with van der Waals surface area (Å²) < 4.78 is 33.3. The van der Waals surface area contributed by atoms with E-state index >= 15 is 0 Å². The number of nitrogens with two attached hydrogens (primary N) is 1. The Kier molecular flexibility index (Phi) is 5.01. The zero-order chi connectivity index (χ0) is 19.6. The minimum atomic E-state index is -3.67. The van der Waals surface area contributed by atoms with Crippen LogP contribution < -0.4 is 10.5 Å². The Morgan fingerprint density at radius 3 is 2.57 bits per heavy atom. The zero-order valence-electron chi connectivity index (χ0n) is 15.3. The lowest BCUT2D eigenvalue weighted by Gasteiger charge is -2.17. The molecular formula is C20H22N4O3S. The molecule has 3 N–H and O–H groups in total. The first-order valence-electron chi connectivity index (χ1n) is 9.23. The van der Waals surface area contributed by atoms with Gasteiger partial charge in [-0.1, -0.05) is 54.4 Å². The first-order valence-corrected chi connectivity index (χ1v) is 10.7. The van der Waals surface area contributed by atoms with E-state index in [9.17, 15) is 8.42 Å². The van der Waals surface area contributed by atoms with E-state index < -0.39 is 15.6 Å². The monoisotopic (exact) mass is 398 g/mol. The molecular weight excluding hydrogens is 376 g/mol. The molecule has 4 rings (SSSR count). The summed E-state index contributed by atoms with van der Waals surface area (Å²) in [6.45, 7) is 0.216. The molecule has 1 aliphatic carbocycles. The Balaban J connectivity index is 1.55. The van der Waals surface area contributed by atoms with E-state index in [2.05, 4.69) is 14.9 Å². The van der Waals surface area contributed by atoms with Gasteiger partial charge in [-0.3, -0.25) is 0 Å². The van der Waals surface area contributed by atoms with E-state index in [4.69, 9.17) is 10.3 Å². The summed E-state index contributed by atoms with van der Waals surface area (Å²) in [7, 11) is -3.67. The average Bonchev–Trinajstić information content (AvgIpc) is 3.38. The van der Waals surface area contributed by atoms with E-state index in [1.165, 1.54) is 12.1 Å². The smallest absolute Gasteiger partial charge is 0.258 e. The van der Waals surface area contributed by atoms with E-state index in [-0.39, 0.29) is 17.3 Å². The standard InChI is InChI=1S/C20H22N4O3S/c21-20(11-4-5-12-20)19-23-18(27-24-19)16-9-6-10-17(13-16)28(25,26)22-14-15-7-2-1-3-8-15/h1-3,6-10,13,22H,4-5,11-12,14,21H2. The molecule has 1 aliphatic rings. The fourth-order valence-electron chi connectivity index (χ4n) is 3.43. The number of nitrogens with one attached hydrogen (secondary N) is 1. The molecule has 0 spiro atoms. The summed E-state index contributed by atoms with van der Waals surface area (Å²) in [5.74, 6) is 0.752. The fraction of sp³-hybridized carbons (Fsp3) is 0.300. The van der Waals surface area contributed by atoms with Gasteiger partial charge in [0, 0.05) is 12.1 Å². The summed E-state index contributed by atoms with van der Waals surface area (Å²) in [5.41, 5.74) is 7.25. The van der Waals surface area contributed by atoms with E-state index in [0.717, 1.165) is 31.2 Å². The minimum Gasteiger partial charge on any atom is -0.334 e.